The molecule has 0 N–H and O–H groups in total. The Morgan fingerprint density at radius 2 is 1.69 bits per heavy atom. The molecular formula is C27H18FNO3. The molecule has 0 amide bonds. The van der Waals surface area contributed by atoms with Crippen molar-refractivity contribution < 1.29 is 18.7 Å². The number of aliphatic imine (C=N–C) groups is 1. The molecule has 0 radical (unpaired) electrons. The molecule has 0 saturated heterocycles. The van der Waals surface area contributed by atoms with Crippen LogP contribution in [-0.4, -0.2) is 11.9 Å². The van der Waals surface area contributed by atoms with E-state index in [0.29, 0.717) is 11.6 Å². The topological polar surface area (TPSA) is 47.9 Å². The number of hydrogen-bond acceptors (Lipinski definition) is 4. The van der Waals surface area contributed by atoms with Crippen molar-refractivity contribution in [1.82, 2.24) is 0 Å². The van der Waals surface area contributed by atoms with Crippen LogP contribution in [0.25, 0.3) is 16.8 Å². The minimum Gasteiger partial charge on any atom is -0.489 e. The maximum Gasteiger partial charge on any atom is 0.363 e. The Bertz CT molecular complexity index is 1370. The average molecular weight is 423 g/mol. The molecule has 1 aliphatic heterocycles. The van der Waals surface area contributed by atoms with Crippen LogP contribution in [0.2, 0.25) is 0 Å². The van der Waals surface area contributed by atoms with Crippen molar-refractivity contribution in [3.63, 3.8) is 0 Å². The van der Waals surface area contributed by atoms with Gasteiger partial charge in [-0.15, -0.1) is 0 Å². The molecule has 4 aromatic carbocycles. The summed E-state index contributed by atoms with van der Waals surface area (Å²) in [7, 11) is 0. The van der Waals surface area contributed by atoms with Crippen LogP contribution < -0.4 is 4.74 Å². The summed E-state index contributed by atoms with van der Waals surface area (Å²) >= 11 is 0. The van der Waals surface area contributed by atoms with Gasteiger partial charge in [0.05, 0.1) is 0 Å². The second kappa shape index (κ2) is 8.47. The number of esters is 1. The molecule has 0 aliphatic carbocycles. The molecule has 1 heterocycles. The fourth-order valence-corrected chi connectivity index (χ4v) is 3.47. The fourth-order valence-electron chi connectivity index (χ4n) is 3.47. The number of nitrogens with zero attached hydrogens (tertiary/aromatic N) is 1. The lowest BCUT2D eigenvalue weighted by Crippen LogP contribution is -2.05. The summed E-state index contributed by atoms with van der Waals surface area (Å²) in [5.74, 6) is 0.160. The summed E-state index contributed by atoms with van der Waals surface area (Å²) < 4.78 is 24.4. The Labute approximate surface area is 184 Å². The van der Waals surface area contributed by atoms with Crippen molar-refractivity contribution in [2.24, 2.45) is 4.99 Å². The minimum absolute atomic E-state index is 0.238. The van der Waals surface area contributed by atoms with E-state index in [1.54, 1.807) is 30.3 Å². The standard InChI is InChI=1S/C27H18FNO3/c28-23-7-3-4-19(14-23)17-31-24-12-8-18(9-13-24)15-25-27(30)32-26(29-25)22-11-10-20-5-1-2-6-21(20)16-22/h1-16H,17H2/b25-15-. The second-order valence-electron chi connectivity index (χ2n) is 7.39. The first-order valence-electron chi connectivity index (χ1n) is 10.1. The van der Waals surface area contributed by atoms with Gasteiger partial charge in [-0.05, 0) is 64.4 Å². The van der Waals surface area contributed by atoms with E-state index in [0.717, 1.165) is 27.5 Å². The monoisotopic (exact) mass is 423 g/mol. The molecule has 5 rings (SSSR count). The van der Waals surface area contributed by atoms with E-state index in [9.17, 15) is 9.18 Å². The smallest absolute Gasteiger partial charge is 0.363 e. The fraction of sp³-hybridized carbons (Fsp3) is 0.0370. The van der Waals surface area contributed by atoms with Gasteiger partial charge in [0.2, 0.25) is 5.90 Å². The van der Waals surface area contributed by atoms with Crippen LogP contribution in [0.3, 0.4) is 0 Å². The lowest BCUT2D eigenvalue weighted by atomic mass is 10.1. The van der Waals surface area contributed by atoms with Crippen molar-refractivity contribution in [1.29, 1.82) is 0 Å². The highest BCUT2D eigenvalue weighted by Crippen LogP contribution is 2.23. The number of cyclic esters (lactones) is 1. The Kier molecular flexibility index (Phi) is 5.22. The number of hydrogen-bond donors (Lipinski definition) is 0. The van der Waals surface area contributed by atoms with Gasteiger partial charge in [0, 0.05) is 5.56 Å². The Morgan fingerprint density at radius 3 is 2.50 bits per heavy atom. The lowest BCUT2D eigenvalue weighted by molar-refractivity contribution is -0.129. The van der Waals surface area contributed by atoms with Crippen molar-refractivity contribution in [2.75, 3.05) is 0 Å². The molecule has 32 heavy (non-hydrogen) atoms. The summed E-state index contributed by atoms with van der Waals surface area (Å²) in [4.78, 5) is 16.7. The first-order chi connectivity index (χ1) is 15.6. The van der Waals surface area contributed by atoms with Gasteiger partial charge in [-0.3, -0.25) is 0 Å². The molecule has 0 saturated carbocycles. The first kappa shape index (κ1) is 19.7. The second-order valence-corrected chi connectivity index (χ2v) is 7.39. The normalized spacial score (nSPS) is 14.5. The van der Waals surface area contributed by atoms with Crippen LogP contribution in [-0.2, 0) is 16.1 Å². The van der Waals surface area contributed by atoms with Gasteiger partial charge in [0.25, 0.3) is 0 Å². The summed E-state index contributed by atoms with van der Waals surface area (Å²) in [6.45, 7) is 0.268. The molecule has 4 nitrogen and oxygen atoms in total. The van der Waals surface area contributed by atoms with Gasteiger partial charge in [-0.1, -0.05) is 54.6 Å². The highest BCUT2D eigenvalue weighted by molar-refractivity contribution is 6.13. The lowest BCUT2D eigenvalue weighted by Gasteiger charge is -2.06. The summed E-state index contributed by atoms with van der Waals surface area (Å²) in [6, 6.07) is 27.3. The third-order valence-corrected chi connectivity index (χ3v) is 5.09. The van der Waals surface area contributed by atoms with Gasteiger partial charge < -0.3 is 9.47 Å². The van der Waals surface area contributed by atoms with E-state index in [-0.39, 0.29) is 18.1 Å². The third kappa shape index (κ3) is 4.27. The molecule has 5 heteroatoms. The maximum atomic E-state index is 13.3. The van der Waals surface area contributed by atoms with Crippen molar-refractivity contribution in [3.8, 4) is 5.75 Å². The Morgan fingerprint density at radius 1 is 0.875 bits per heavy atom. The Hall–Kier alpha value is -4.25. The maximum absolute atomic E-state index is 13.3. The molecule has 0 atom stereocenters. The van der Waals surface area contributed by atoms with Crippen molar-refractivity contribution in [2.45, 2.75) is 6.61 Å². The SMILES string of the molecule is O=C1OC(c2ccc3ccccc3c2)=N/C1=C\c1ccc(OCc2cccc(F)c2)cc1. The molecule has 0 unspecified atom stereocenters. The van der Waals surface area contributed by atoms with Gasteiger partial charge in [0.1, 0.15) is 18.2 Å². The zero-order chi connectivity index (χ0) is 21.9. The van der Waals surface area contributed by atoms with Gasteiger partial charge in [-0.2, -0.15) is 0 Å². The van der Waals surface area contributed by atoms with E-state index < -0.39 is 5.97 Å². The number of halogens is 1. The van der Waals surface area contributed by atoms with Crippen LogP contribution >= 0.6 is 0 Å². The molecule has 1 aliphatic rings. The van der Waals surface area contributed by atoms with E-state index in [4.69, 9.17) is 9.47 Å². The Balaban J connectivity index is 1.31. The number of fused-ring (bicyclic) bond motifs is 1. The van der Waals surface area contributed by atoms with E-state index >= 15 is 0 Å². The van der Waals surface area contributed by atoms with Gasteiger partial charge >= 0.3 is 5.97 Å². The summed E-state index contributed by atoms with van der Waals surface area (Å²) in [5, 5.41) is 2.16. The van der Waals surface area contributed by atoms with Crippen molar-refractivity contribution >= 4 is 28.7 Å². The predicted molar refractivity (Wildman–Crippen MR) is 122 cm³/mol. The van der Waals surface area contributed by atoms with E-state index in [1.165, 1.54) is 12.1 Å². The first-order valence-corrected chi connectivity index (χ1v) is 10.1. The van der Waals surface area contributed by atoms with Crippen molar-refractivity contribution in [3.05, 3.63) is 119 Å². The minimum atomic E-state index is -0.486. The quantitative estimate of drug-likeness (QED) is 0.296. The van der Waals surface area contributed by atoms with E-state index in [2.05, 4.69) is 4.99 Å². The van der Waals surface area contributed by atoms with Crippen LogP contribution in [0.4, 0.5) is 4.39 Å². The largest absolute Gasteiger partial charge is 0.489 e. The molecule has 156 valence electrons. The molecule has 0 aromatic heterocycles. The van der Waals surface area contributed by atoms with E-state index in [1.807, 2.05) is 54.6 Å². The molecule has 0 spiro atoms. The number of benzene rings is 4. The highest BCUT2D eigenvalue weighted by Gasteiger charge is 2.24. The highest BCUT2D eigenvalue weighted by atomic mass is 19.1. The van der Waals surface area contributed by atoms with Gasteiger partial charge in [0.15, 0.2) is 5.70 Å². The zero-order valence-corrected chi connectivity index (χ0v) is 17.0. The summed E-state index contributed by atoms with van der Waals surface area (Å²) in [5.41, 5.74) is 2.53. The molecular weight excluding hydrogens is 405 g/mol. The molecule has 0 fully saturated rings. The van der Waals surface area contributed by atoms with Crippen LogP contribution in [0.1, 0.15) is 16.7 Å². The van der Waals surface area contributed by atoms with Crippen LogP contribution in [0.5, 0.6) is 5.75 Å². The number of ether oxygens (including phenoxy) is 2. The number of carbonyl (C=O) groups excluding carboxylic acids is 1. The third-order valence-electron chi connectivity index (χ3n) is 5.09. The van der Waals surface area contributed by atoms with Crippen LogP contribution in [0, 0.1) is 5.82 Å². The molecule has 4 aromatic rings. The average Bonchev–Trinajstić information content (AvgIpc) is 3.18. The zero-order valence-electron chi connectivity index (χ0n) is 17.0. The number of rotatable bonds is 5. The predicted octanol–water partition coefficient (Wildman–Crippen LogP) is 5.90. The molecule has 0 bridgehead atoms. The van der Waals surface area contributed by atoms with Crippen LogP contribution in [0.15, 0.2) is 102 Å². The van der Waals surface area contributed by atoms with Gasteiger partial charge in [-0.25, -0.2) is 14.2 Å². The number of carbonyl (C=O) groups is 1. The summed E-state index contributed by atoms with van der Waals surface area (Å²) in [6.07, 6.45) is 1.67.